The molecule has 0 unspecified atom stereocenters. The fraction of sp³-hybridized carbons (Fsp3) is 0.0400. The van der Waals surface area contributed by atoms with Crippen molar-refractivity contribution in [2.24, 2.45) is 0 Å². The van der Waals surface area contributed by atoms with Crippen LogP contribution in [0.2, 0.25) is 0 Å². The summed E-state index contributed by atoms with van der Waals surface area (Å²) in [6, 6.07) is 36.7. The first-order valence-electron chi connectivity index (χ1n) is 8.88. The van der Waals surface area contributed by atoms with E-state index in [1.165, 1.54) is 0 Å². The number of alkyl halides is 1. The molecule has 0 fully saturated rings. The van der Waals surface area contributed by atoms with E-state index in [0.29, 0.717) is 0 Å². The molecule has 4 aromatic rings. The summed E-state index contributed by atoms with van der Waals surface area (Å²) in [6.45, 7) is 0. The Morgan fingerprint density at radius 1 is 0.481 bits per heavy atom. The van der Waals surface area contributed by atoms with E-state index < -0.39 is 3.61 Å². The summed E-state index contributed by atoms with van der Waals surface area (Å²) in [5, 5.41) is 11.4. The van der Waals surface area contributed by atoms with Gasteiger partial charge >= 0.3 is 0 Å². The molecule has 0 heterocycles. The van der Waals surface area contributed by atoms with Gasteiger partial charge in [-0.3, -0.25) is 0 Å². The Bertz CT molecular complexity index is 955. The summed E-state index contributed by atoms with van der Waals surface area (Å²) in [7, 11) is 0. The van der Waals surface area contributed by atoms with E-state index in [4.69, 9.17) is 0 Å². The Balaban J connectivity index is 1.74. The molecule has 1 nitrogen and oxygen atoms in total. The van der Waals surface area contributed by atoms with Crippen LogP contribution in [-0.2, 0) is 3.61 Å². The molecular weight excluding hydrogens is 443 g/mol. The third-order valence-corrected chi connectivity index (χ3v) is 5.95. The summed E-state index contributed by atoms with van der Waals surface area (Å²) < 4.78 is -1.10. The van der Waals surface area contributed by atoms with Gasteiger partial charge in [0.1, 0.15) is 0 Å². The number of hydrogen-bond donors (Lipinski definition) is 1. The van der Waals surface area contributed by atoms with Crippen LogP contribution in [0.15, 0.2) is 109 Å². The molecule has 0 spiro atoms. The highest BCUT2D eigenvalue weighted by molar-refractivity contribution is 14.1. The lowest BCUT2D eigenvalue weighted by molar-refractivity contribution is 0.200. The lowest BCUT2D eigenvalue weighted by Gasteiger charge is -2.24. The lowest BCUT2D eigenvalue weighted by atomic mass is 9.95. The van der Waals surface area contributed by atoms with E-state index in [-0.39, 0.29) is 0 Å². The second kappa shape index (κ2) is 7.67. The van der Waals surface area contributed by atoms with Gasteiger partial charge in [0.05, 0.1) is 0 Å². The summed E-state index contributed by atoms with van der Waals surface area (Å²) in [4.78, 5) is 0. The minimum absolute atomic E-state index is 0.870. The third-order valence-electron chi connectivity index (χ3n) is 4.70. The predicted octanol–water partition coefficient (Wildman–Crippen LogP) is 6.65. The maximum atomic E-state index is 11.4. The van der Waals surface area contributed by atoms with E-state index in [0.717, 1.165) is 33.4 Å². The molecule has 2 heteroatoms. The Labute approximate surface area is 173 Å². The van der Waals surface area contributed by atoms with Crippen LogP contribution in [0.1, 0.15) is 11.1 Å². The molecular formula is C25H19IO. The lowest BCUT2D eigenvalue weighted by Crippen LogP contribution is -2.18. The first kappa shape index (κ1) is 18.0. The van der Waals surface area contributed by atoms with Crippen molar-refractivity contribution in [2.75, 3.05) is 0 Å². The molecule has 132 valence electrons. The fourth-order valence-corrected chi connectivity index (χ4v) is 3.91. The summed E-state index contributed by atoms with van der Waals surface area (Å²) in [5.41, 5.74) is 6.23. The van der Waals surface area contributed by atoms with Crippen molar-refractivity contribution < 1.29 is 5.11 Å². The van der Waals surface area contributed by atoms with Crippen LogP contribution >= 0.6 is 22.6 Å². The summed E-state index contributed by atoms with van der Waals surface area (Å²) in [5.74, 6) is 0. The molecule has 0 aliphatic carbocycles. The molecule has 27 heavy (non-hydrogen) atoms. The van der Waals surface area contributed by atoms with Crippen molar-refractivity contribution in [2.45, 2.75) is 3.61 Å². The summed E-state index contributed by atoms with van der Waals surface area (Å²) in [6.07, 6.45) is 0. The Hall–Kier alpha value is -2.43. The maximum absolute atomic E-state index is 11.4. The fourth-order valence-electron chi connectivity index (χ4n) is 3.24. The van der Waals surface area contributed by atoms with Crippen molar-refractivity contribution in [3.63, 3.8) is 0 Å². The van der Waals surface area contributed by atoms with E-state index >= 15 is 0 Å². The minimum Gasteiger partial charge on any atom is -0.371 e. The molecule has 0 saturated heterocycles. The first-order chi connectivity index (χ1) is 13.1. The molecule has 0 atom stereocenters. The number of benzene rings is 4. The average Bonchev–Trinajstić information content (AvgIpc) is 2.75. The van der Waals surface area contributed by atoms with Gasteiger partial charge in [-0.1, -0.05) is 97.1 Å². The van der Waals surface area contributed by atoms with Gasteiger partial charge in [-0.2, -0.15) is 0 Å². The van der Waals surface area contributed by atoms with Crippen LogP contribution in [0, 0.1) is 0 Å². The predicted molar refractivity (Wildman–Crippen MR) is 121 cm³/mol. The average molecular weight is 462 g/mol. The van der Waals surface area contributed by atoms with Gasteiger partial charge in [0.25, 0.3) is 0 Å². The van der Waals surface area contributed by atoms with Crippen molar-refractivity contribution in [1.29, 1.82) is 0 Å². The topological polar surface area (TPSA) is 20.2 Å². The molecule has 0 aliphatic rings. The van der Waals surface area contributed by atoms with Crippen LogP contribution in [0.3, 0.4) is 0 Å². The molecule has 4 rings (SSSR count). The van der Waals surface area contributed by atoms with Crippen molar-refractivity contribution in [3.05, 3.63) is 120 Å². The molecule has 4 aromatic carbocycles. The number of aliphatic hydroxyl groups is 1. The molecule has 0 radical (unpaired) electrons. The van der Waals surface area contributed by atoms with Crippen molar-refractivity contribution in [1.82, 2.24) is 0 Å². The molecule has 0 aromatic heterocycles. The van der Waals surface area contributed by atoms with Crippen LogP contribution in [-0.4, -0.2) is 5.11 Å². The third kappa shape index (κ3) is 3.82. The molecule has 1 N–H and O–H groups in total. The van der Waals surface area contributed by atoms with Crippen LogP contribution in [0.25, 0.3) is 22.3 Å². The largest absolute Gasteiger partial charge is 0.371 e. The minimum atomic E-state index is -1.10. The van der Waals surface area contributed by atoms with E-state index in [9.17, 15) is 5.11 Å². The molecule has 0 aliphatic heterocycles. The van der Waals surface area contributed by atoms with Gasteiger partial charge in [-0.25, -0.2) is 0 Å². The molecule has 0 amide bonds. The second-order valence-electron chi connectivity index (χ2n) is 6.52. The highest BCUT2D eigenvalue weighted by Gasteiger charge is 2.28. The van der Waals surface area contributed by atoms with Crippen molar-refractivity contribution >= 4 is 22.6 Å². The molecule has 0 bridgehead atoms. The van der Waals surface area contributed by atoms with Crippen molar-refractivity contribution in [3.8, 4) is 22.3 Å². The number of rotatable bonds is 4. The maximum Gasteiger partial charge on any atom is 0.166 e. The number of hydrogen-bond acceptors (Lipinski definition) is 1. The normalized spacial score (nSPS) is 11.3. The highest BCUT2D eigenvalue weighted by atomic mass is 127. The zero-order valence-corrected chi connectivity index (χ0v) is 16.9. The Morgan fingerprint density at radius 2 is 0.852 bits per heavy atom. The quantitative estimate of drug-likeness (QED) is 0.266. The zero-order valence-electron chi connectivity index (χ0n) is 14.7. The van der Waals surface area contributed by atoms with E-state index in [1.54, 1.807) is 0 Å². The van der Waals surface area contributed by atoms with E-state index in [1.807, 2.05) is 60.7 Å². The Morgan fingerprint density at radius 3 is 1.26 bits per heavy atom. The second-order valence-corrected chi connectivity index (χ2v) is 8.08. The number of halogens is 1. The van der Waals surface area contributed by atoms with Gasteiger partial charge in [0.2, 0.25) is 0 Å². The standard InChI is InChI=1S/C25H19IO/c26-25(27,23-15-7-13-21(17-23)19-9-3-1-4-10-19)24-16-8-14-22(18-24)20-11-5-2-6-12-20/h1-18,27H. The highest BCUT2D eigenvalue weighted by Crippen LogP contribution is 2.39. The van der Waals surface area contributed by atoms with Crippen LogP contribution in [0.5, 0.6) is 0 Å². The molecule has 0 saturated carbocycles. The zero-order chi connectivity index (χ0) is 18.7. The van der Waals surface area contributed by atoms with Crippen LogP contribution < -0.4 is 0 Å². The van der Waals surface area contributed by atoms with E-state index in [2.05, 4.69) is 71.1 Å². The monoisotopic (exact) mass is 462 g/mol. The Kier molecular flexibility index (Phi) is 5.10. The van der Waals surface area contributed by atoms with Gasteiger partial charge in [-0.05, 0) is 68.1 Å². The first-order valence-corrected chi connectivity index (χ1v) is 9.96. The van der Waals surface area contributed by atoms with Gasteiger partial charge in [-0.15, -0.1) is 0 Å². The van der Waals surface area contributed by atoms with Gasteiger partial charge in [0, 0.05) is 0 Å². The SMILES string of the molecule is OC(I)(c1cccc(-c2ccccc2)c1)c1cccc(-c2ccccc2)c1. The van der Waals surface area contributed by atoms with Crippen LogP contribution in [0.4, 0.5) is 0 Å². The van der Waals surface area contributed by atoms with Gasteiger partial charge < -0.3 is 5.11 Å². The van der Waals surface area contributed by atoms with Gasteiger partial charge in [0.15, 0.2) is 3.61 Å². The summed E-state index contributed by atoms with van der Waals surface area (Å²) >= 11 is 2.14. The smallest absolute Gasteiger partial charge is 0.166 e.